The van der Waals surface area contributed by atoms with E-state index in [1.807, 2.05) is 31.7 Å². The van der Waals surface area contributed by atoms with Gasteiger partial charge in [-0.05, 0) is 63.6 Å². The second-order valence-electron chi connectivity index (χ2n) is 8.30. The molecule has 0 aromatic heterocycles. The number of hydrogen-bond acceptors (Lipinski definition) is 4. The fourth-order valence-electron chi connectivity index (χ4n) is 3.96. The van der Waals surface area contributed by atoms with Crippen molar-refractivity contribution in [1.29, 1.82) is 0 Å². The van der Waals surface area contributed by atoms with Gasteiger partial charge in [0.05, 0.1) is 6.61 Å². The van der Waals surface area contributed by atoms with E-state index in [2.05, 4.69) is 32.0 Å². The molecule has 1 aromatic rings. The van der Waals surface area contributed by atoms with Gasteiger partial charge < -0.3 is 19.1 Å². The van der Waals surface area contributed by atoms with Crippen molar-refractivity contribution in [2.24, 2.45) is 5.92 Å². The Labute approximate surface area is 164 Å². The number of nitrogens with zero attached hydrogens (tertiary/aromatic N) is 1. The van der Waals surface area contributed by atoms with Gasteiger partial charge in [-0.1, -0.05) is 25.5 Å². The predicted molar refractivity (Wildman–Crippen MR) is 107 cm³/mol. The quantitative estimate of drug-likeness (QED) is 0.665. The zero-order valence-electron chi connectivity index (χ0n) is 17.7. The van der Waals surface area contributed by atoms with E-state index in [0.29, 0.717) is 31.6 Å². The van der Waals surface area contributed by atoms with Gasteiger partial charge in [0.2, 0.25) is 0 Å². The Morgan fingerprint density at radius 1 is 1.26 bits per heavy atom. The SMILES string of the molecule is CC[C@@H]1[C@@H](C)N(C(=O)OC(C)(C)C)CC[C@H]1c1cccc(OCCOC)c1. The smallest absolute Gasteiger partial charge is 0.410 e. The van der Waals surface area contributed by atoms with Gasteiger partial charge in [0.1, 0.15) is 18.0 Å². The number of likely N-dealkylation sites (tertiary alicyclic amines) is 1. The van der Waals surface area contributed by atoms with Crippen molar-refractivity contribution in [2.45, 2.75) is 65.0 Å². The van der Waals surface area contributed by atoms with Gasteiger partial charge in [0.15, 0.2) is 0 Å². The monoisotopic (exact) mass is 377 g/mol. The van der Waals surface area contributed by atoms with Gasteiger partial charge >= 0.3 is 6.09 Å². The third kappa shape index (κ3) is 5.86. The molecule has 1 fully saturated rings. The average molecular weight is 378 g/mol. The van der Waals surface area contributed by atoms with Crippen LogP contribution in [0.1, 0.15) is 58.9 Å². The number of amides is 1. The van der Waals surface area contributed by atoms with Gasteiger partial charge in [0, 0.05) is 19.7 Å². The Bertz CT molecular complexity index is 611. The van der Waals surface area contributed by atoms with Crippen LogP contribution >= 0.6 is 0 Å². The summed E-state index contributed by atoms with van der Waals surface area (Å²) in [7, 11) is 1.67. The number of carbonyl (C=O) groups is 1. The molecule has 5 nitrogen and oxygen atoms in total. The van der Waals surface area contributed by atoms with E-state index in [1.165, 1.54) is 5.56 Å². The molecule has 0 unspecified atom stereocenters. The number of benzene rings is 1. The molecule has 0 bridgehead atoms. The minimum Gasteiger partial charge on any atom is -0.491 e. The first-order chi connectivity index (χ1) is 12.8. The zero-order chi connectivity index (χ0) is 20.0. The number of rotatable bonds is 6. The average Bonchev–Trinajstić information content (AvgIpc) is 2.60. The summed E-state index contributed by atoms with van der Waals surface area (Å²) in [5, 5.41) is 0. The topological polar surface area (TPSA) is 48.0 Å². The number of piperidine rings is 1. The molecule has 1 saturated heterocycles. The lowest BCUT2D eigenvalue weighted by Crippen LogP contribution is -2.50. The molecule has 1 amide bonds. The highest BCUT2D eigenvalue weighted by Gasteiger charge is 2.38. The summed E-state index contributed by atoms with van der Waals surface area (Å²) in [6, 6.07) is 8.49. The summed E-state index contributed by atoms with van der Waals surface area (Å²) in [4.78, 5) is 14.5. The largest absolute Gasteiger partial charge is 0.491 e. The molecule has 0 spiro atoms. The van der Waals surface area contributed by atoms with Gasteiger partial charge in [0.25, 0.3) is 0 Å². The maximum absolute atomic E-state index is 12.6. The summed E-state index contributed by atoms with van der Waals surface area (Å²) < 4.78 is 16.4. The third-order valence-electron chi connectivity index (χ3n) is 5.25. The molecule has 2 rings (SSSR count). The summed E-state index contributed by atoms with van der Waals surface area (Å²) in [6.07, 6.45) is 1.74. The highest BCUT2D eigenvalue weighted by molar-refractivity contribution is 5.68. The molecule has 1 aromatic carbocycles. The summed E-state index contributed by atoms with van der Waals surface area (Å²) >= 11 is 0. The summed E-state index contributed by atoms with van der Waals surface area (Å²) in [5.74, 6) is 1.68. The van der Waals surface area contributed by atoms with Crippen LogP contribution in [-0.2, 0) is 9.47 Å². The van der Waals surface area contributed by atoms with Gasteiger partial charge in [-0.3, -0.25) is 0 Å². The van der Waals surface area contributed by atoms with Crippen molar-refractivity contribution in [3.05, 3.63) is 29.8 Å². The van der Waals surface area contributed by atoms with Crippen molar-refractivity contribution >= 4 is 6.09 Å². The fraction of sp³-hybridized carbons (Fsp3) is 0.682. The standard InChI is InChI=1S/C22H35NO4/c1-7-19-16(2)23(21(24)27-22(3,4)5)12-11-20(19)17-9-8-10-18(15-17)26-14-13-25-6/h8-10,15-16,19-20H,7,11-14H2,1-6H3/t16-,19-,20+/m1/s1. The molecule has 27 heavy (non-hydrogen) atoms. The van der Waals surface area contributed by atoms with Crippen LogP contribution in [0.15, 0.2) is 24.3 Å². The Balaban J connectivity index is 2.11. The highest BCUT2D eigenvalue weighted by atomic mass is 16.6. The summed E-state index contributed by atoms with van der Waals surface area (Å²) in [6.45, 7) is 11.9. The van der Waals surface area contributed by atoms with Gasteiger partial charge in [-0.2, -0.15) is 0 Å². The number of methoxy groups -OCH3 is 1. The second kappa shape index (κ2) is 9.45. The first kappa shape index (κ1) is 21.5. The van der Waals surface area contributed by atoms with Crippen LogP contribution in [0.3, 0.4) is 0 Å². The molecule has 3 atom stereocenters. The molecular weight excluding hydrogens is 342 g/mol. The lowest BCUT2D eigenvalue weighted by molar-refractivity contribution is -0.000843. The van der Waals surface area contributed by atoms with Crippen LogP contribution < -0.4 is 4.74 Å². The van der Waals surface area contributed by atoms with Crippen molar-refractivity contribution in [2.75, 3.05) is 26.9 Å². The fourth-order valence-corrected chi connectivity index (χ4v) is 3.96. The van der Waals surface area contributed by atoms with E-state index in [-0.39, 0.29) is 12.1 Å². The molecule has 152 valence electrons. The van der Waals surface area contributed by atoms with Crippen molar-refractivity contribution < 1.29 is 19.0 Å². The first-order valence-corrected chi connectivity index (χ1v) is 9.98. The Morgan fingerprint density at radius 3 is 2.63 bits per heavy atom. The van der Waals surface area contributed by atoms with E-state index in [1.54, 1.807) is 7.11 Å². The van der Waals surface area contributed by atoms with E-state index >= 15 is 0 Å². The molecule has 0 saturated carbocycles. The molecule has 1 aliphatic heterocycles. The van der Waals surface area contributed by atoms with Crippen LogP contribution in [0.25, 0.3) is 0 Å². The van der Waals surface area contributed by atoms with Crippen LogP contribution in [0.2, 0.25) is 0 Å². The van der Waals surface area contributed by atoms with E-state index in [9.17, 15) is 4.79 Å². The number of carbonyl (C=O) groups excluding carboxylic acids is 1. The highest BCUT2D eigenvalue weighted by Crippen LogP contribution is 2.40. The first-order valence-electron chi connectivity index (χ1n) is 9.98. The maximum Gasteiger partial charge on any atom is 0.410 e. The molecule has 5 heteroatoms. The molecule has 0 aliphatic carbocycles. The number of hydrogen-bond donors (Lipinski definition) is 0. The van der Waals surface area contributed by atoms with Crippen molar-refractivity contribution in [3.8, 4) is 5.75 Å². The zero-order valence-corrected chi connectivity index (χ0v) is 17.7. The summed E-state index contributed by atoms with van der Waals surface area (Å²) in [5.41, 5.74) is 0.816. The lowest BCUT2D eigenvalue weighted by atomic mass is 9.75. The van der Waals surface area contributed by atoms with Crippen LogP contribution in [0, 0.1) is 5.92 Å². The Kier molecular flexibility index (Phi) is 7.54. The molecule has 1 aliphatic rings. The van der Waals surface area contributed by atoms with Crippen LogP contribution in [0.5, 0.6) is 5.75 Å². The normalized spacial score (nSPS) is 23.2. The van der Waals surface area contributed by atoms with E-state index in [0.717, 1.165) is 18.6 Å². The molecule has 1 heterocycles. The van der Waals surface area contributed by atoms with E-state index in [4.69, 9.17) is 14.2 Å². The predicted octanol–water partition coefficient (Wildman–Crippen LogP) is 4.85. The van der Waals surface area contributed by atoms with Crippen LogP contribution in [-0.4, -0.2) is 49.5 Å². The maximum atomic E-state index is 12.6. The van der Waals surface area contributed by atoms with E-state index < -0.39 is 5.60 Å². The third-order valence-corrected chi connectivity index (χ3v) is 5.25. The Morgan fingerprint density at radius 2 is 2.00 bits per heavy atom. The minimum absolute atomic E-state index is 0.140. The van der Waals surface area contributed by atoms with Gasteiger partial charge in [-0.15, -0.1) is 0 Å². The van der Waals surface area contributed by atoms with Crippen LogP contribution in [0.4, 0.5) is 4.79 Å². The van der Waals surface area contributed by atoms with Crippen molar-refractivity contribution in [1.82, 2.24) is 4.90 Å². The molecule has 0 N–H and O–H groups in total. The number of ether oxygens (including phenoxy) is 3. The molecule has 0 radical (unpaired) electrons. The second-order valence-corrected chi connectivity index (χ2v) is 8.30. The molecular formula is C22H35NO4. The van der Waals surface area contributed by atoms with Crippen molar-refractivity contribution in [3.63, 3.8) is 0 Å². The van der Waals surface area contributed by atoms with Gasteiger partial charge in [-0.25, -0.2) is 4.79 Å². The Hall–Kier alpha value is -1.75. The minimum atomic E-state index is -0.469. The lowest BCUT2D eigenvalue weighted by Gasteiger charge is -2.44.